The van der Waals surface area contributed by atoms with Gasteiger partial charge in [-0.05, 0) is 31.4 Å². The molecule has 134 valence electrons. The molecule has 1 aromatic heterocycles. The van der Waals surface area contributed by atoms with Crippen molar-refractivity contribution in [2.45, 2.75) is 63.4 Å². The molecule has 2 saturated heterocycles. The molecule has 3 heterocycles. The molecule has 2 unspecified atom stereocenters. The molecule has 3 rings (SSSR count). The van der Waals surface area contributed by atoms with Crippen LogP contribution in [-0.2, 0) is 14.3 Å². The zero-order chi connectivity index (χ0) is 16.8. The van der Waals surface area contributed by atoms with E-state index in [2.05, 4.69) is 0 Å². The van der Waals surface area contributed by atoms with E-state index >= 15 is 0 Å². The van der Waals surface area contributed by atoms with Crippen LogP contribution in [0.15, 0.2) is 22.8 Å². The third-order valence-corrected chi connectivity index (χ3v) is 4.80. The Hall–Kier alpha value is -1.37. The molecule has 0 bridgehead atoms. The topological polar surface area (TPSA) is 72.1 Å². The van der Waals surface area contributed by atoms with Crippen molar-refractivity contribution in [1.82, 2.24) is 4.90 Å². The van der Waals surface area contributed by atoms with Crippen molar-refractivity contribution < 1.29 is 23.8 Å². The smallest absolute Gasteiger partial charge is 0.227 e. The van der Waals surface area contributed by atoms with Gasteiger partial charge in [-0.3, -0.25) is 4.79 Å². The highest BCUT2D eigenvalue weighted by atomic mass is 16.7. The Morgan fingerprint density at radius 3 is 2.83 bits per heavy atom. The van der Waals surface area contributed by atoms with E-state index in [9.17, 15) is 9.90 Å². The van der Waals surface area contributed by atoms with E-state index in [1.54, 1.807) is 18.4 Å². The number of likely N-dealkylation sites (tertiary alicyclic amines) is 1. The van der Waals surface area contributed by atoms with Crippen molar-refractivity contribution in [2.24, 2.45) is 0 Å². The van der Waals surface area contributed by atoms with Gasteiger partial charge in [-0.15, -0.1) is 0 Å². The molecule has 2 atom stereocenters. The lowest BCUT2D eigenvalue weighted by molar-refractivity contribution is -0.187. The number of amides is 1. The lowest BCUT2D eigenvalue weighted by Gasteiger charge is -2.33. The van der Waals surface area contributed by atoms with Crippen molar-refractivity contribution >= 4 is 5.91 Å². The first-order valence-corrected chi connectivity index (χ1v) is 8.98. The largest absolute Gasteiger partial charge is 0.467 e. The Morgan fingerprint density at radius 2 is 2.08 bits per heavy atom. The van der Waals surface area contributed by atoms with Crippen LogP contribution in [0.3, 0.4) is 0 Å². The van der Waals surface area contributed by atoms with E-state index in [4.69, 9.17) is 13.9 Å². The normalized spacial score (nSPS) is 24.5. The van der Waals surface area contributed by atoms with Crippen LogP contribution in [0.1, 0.15) is 56.8 Å². The number of hydrogen-bond acceptors (Lipinski definition) is 5. The minimum Gasteiger partial charge on any atom is -0.467 e. The zero-order valence-corrected chi connectivity index (χ0v) is 14.1. The van der Waals surface area contributed by atoms with Gasteiger partial charge in [0.2, 0.25) is 5.91 Å². The Bertz CT molecular complexity index is 498. The van der Waals surface area contributed by atoms with Gasteiger partial charge in [-0.2, -0.15) is 0 Å². The van der Waals surface area contributed by atoms with Crippen LogP contribution in [0, 0.1) is 0 Å². The first-order valence-electron chi connectivity index (χ1n) is 8.98. The van der Waals surface area contributed by atoms with E-state index < -0.39 is 12.4 Å². The molecule has 0 aromatic carbocycles. The molecular weight excluding hydrogens is 310 g/mol. The van der Waals surface area contributed by atoms with Gasteiger partial charge in [0.25, 0.3) is 0 Å². The van der Waals surface area contributed by atoms with Gasteiger partial charge in [0.1, 0.15) is 11.9 Å². The van der Waals surface area contributed by atoms with Crippen LogP contribution in [0.5, 0.6) is 0 Å². The summed E-state index contributed by atoms with van der Waals surface area (Å²) in [6.45, 7) is 2.04. The maximum absolute atomic E-state index is 12.8. The zero-order valence-electron chi connectivity index (χ0n) is 14.1. The van der Waals surface area contributed by atoms with Gasteiger partial charge in [0.05, 0.1) is 25.9 Å². The number of carbonyl (C=O) groups is 1. The fourth-order valence-electron chi connectivity index (χ4n) is 3.52. The quantitative estimate of drug-likeness (QED) is 0.894. The van der Waals surface area contributed by atoms with Crippen LogP contribution in [0.2, 0.25) is 0 Å². The third kappa shape index (κ3) is 4.59. The van der Waals surface area contributed by atoms with Crippen molar-refractivity contribution in [3.8, 4) is 0 Å². The molecule has 1 N–H and O–H groups in total. The number of nitrogens with zero attached hydrogens (tertiary/aromatic N) is 1. The van der Waals surface area contributed by atoms with Crippen LogP contribution in [-0.4, -0.2) is 48.0 Å². The molecule has 6 heteroatoms. The molecule has 2 fully saturated rings. The summed E-state index contributed by atoms with van der Waals surface area (Å²) in [5.74, 6) is 0.617. The molecule has 1 amide bonds. The Labute approximate surface area is 142 Å². The number of furan rings is 1. The van der Waals surface area contributed by atoms with Crippen molar-refractivity contribution in [2.75, 3.05) is 19.8 Å². The summed E-state index contributed by atoms with van der Waals surface area (Å²) in [7, 11) is 0. The molecule has 1 aromatic rings. The summed E-state index contributed by atoms with van der Waals surface area (Å²) in [6.07, 6.45) is 6.22. The second-order valence-electron chi connectivity index (χ2n) is 6.59. The van der Waals surface area contributed by atoms with Crippen LogP contribution < -0.4 is 0 Å². The van der Waals surface area contributed by atoms with Crippen LogP contribution in [0.4, 0.5) is 0 Å². The monoisotopic (exact) mass is 337 g/mol. The molecule has 6 nitrogen and oxygen atoms in total. The van der Waals surface area contributed by atoms with E-state index in [0.717, 1.165) is 38.6 Å². The van der Waals surface area contributed by atoms with Crippen LogP contribution in [0.25, 0.3) is 0 Å². The van der Waals surface area contributed by atoms with Gasteiger partial charge in [0.15, 0.2) is 6.29 Å². The summed E-state index contributed by atoms with van der Waals surface area (Å²) in [6, 6.07) is 3.58. The Kier molecular flexibility index (Phi) is 6.29. The summed E-state index contributed by atoms with van der Waals surface area (Å²) in [4.78, 5) is 14.7. The highest BCUT2D eigenvalue weighted by molar-refractivity contribution is 5.77. The number of aliphatic hydroxyl groups is 1. The minimum atomic E-state index is -0.680. The van der Waals surface area contributed by atoms with Crippen molar-refractivity contribution in [3.63, 3.8) is 0 Å². The van der Waals surface area contributed by atoms with E-state index in [0.29, 0.717) is 25.4 Å². The molecule has 0 radical (unpaired) electrons. The molecule has 2 aliphatic heterocycles. The third-order valence-electron chi connectivity index (χ3n) is 4.80. The second kappa shape index (κ2) is 8.65. The van der Waals surface area contributed by atoms with E-state index in [-0.39, 0.29) is 18.4 Å². The highest BCUT2D eigenvalue weighted by Crippen LogP contribution is 2.27. The maximum atomic E-state index is 12.8. The summed E-state index contributed by atoms with van der Waals surface area (Å²) in [5.41, 5.74) is 0. The molecule has 0 spiro atoms. The fourth-order valence-corrected chi connectivity index (χ4v) is 3.52. The number of aliphatic hydroxyl groups excluding tert-OH is 1. The van der Waals surface area contributed by atoms with E-state index in [1.807, 2.05) is 4.90 Å². The number of rotatable bonds is 5. The second-order valence-corrected chi connectivity index (χ2v) is 6.59. The standard InChI is InChI=1S/C18H27NO5/c20-15(16-7-4-9-22-16)12-14-6-2-1-3-8-19(14)17(21)13-18-23-10-5-11-24-18/h4,7,9,14-15,18,20H,1-3,5-6,8,10-13H2. The van der Waals surface area contributed by atoms with E-state index in [1.165, 1.54) is 0 Å². The SMILES string of the molecule is O=C(CC1OCCCO1)N1CCCCCC1CC(O)c1ccco1. The molecule has 24 heavy (non-hydrogen) atoms. The minimum absolute atomic E-state index is 0.0312. The number of hydrogen-bond donors (Lipinski definition) is 1. The molecular formula is C18H27NO5. The lowest BCUT2D eigenvalue weighted by Crippen LogP contribution is -2.43. The average molecular weight is 337 g/mol. The Balaban J connectivity index is 1.61. The van der Waals surface area contributed by atoms with Gasteiger partial charge in [0, 0.05) is 19.0 Å². The van der Waals surface area contributed by atoms with Gasteiger partial charge in [-0.1, -0.05) is 12.8 Å². The molecule has 0 aliphatic carbocycles. The first kappa shape index (κ1) is 17.5. The van der Waals surface area contributed by atoms with Crippen LogP contribution >= 0.6 is 0 Å². The van der Waals surface area contributed by atoms with Gasteiger partial charge < -0.3 is 23.9 Å². The molecule has 0 saturated carbocycles. The number of carbonyl (C=O) groups excluding carboxylic acids is 1. The van der Waals surface area contributed by atoms with Gasteiger partial charge >= 0.3 is 0 Å². The maximum Gasteiger partial charge on any atom is 0.227 e. The van der Waals surface area contributed by atoms with Gasteiger partial charge in [-0.25, -0.2) is 0 Å². The highest BCUT2D eigenvalue weighted by Gasteiger charge is 2.30. The summed E-state index contributed by atoms with van der Waals surface area (Å²) >= 11 is 0. The summed E-state index contributed by atoms with van der Waals surface area (Å²) < 4.78 is 16.3. The summed E-state index contributed by atoms with van der Waals surface area (Å²) in [5, 5.41) is 10.4. The number of ether oxygens (including phenoxy) is 2. The predicted octanol–water partition coefficient (Wildman–Crippen LogP) is 2.63. The average Bonchev–Trinajstić information content (AvgIpc) is 3.03. The fraction of sp³-hybridized carbons (Fsp3) is 0.722. The lowest BCUT2D eigenvalue weighted by atomic mass is 10.0. The van der Waals surface area contributed by atoms with Crippen molar-refractivity contribution in [1.29, 1.82) is 0 Å². The molecule has 2 aliphatic rings. The first-order chi connectivity index (χ1) is 11.7. The van der Waals surface area contributed by atoms with Crippen molar-refractivity contribution in [3.05, 3.63) is 24.2 Å². The predicted molar refractivity (Wildman–Crippen MR) is 87.2 cm³/mol. The Morgan fingerprint density at radius 1 is 1.25 bits per heavy atom.